The van der Waals surface area contributed by atoms with Crippen molar-refractivity contribution in [2.24, 2.45) is 0 Å². The minimum Gasteiger partial charge on any atom is -0.497 e. The topological polar surface area (TPSA) is 89.3 Å². The van der Waals surface area contributed by atoms with Gasteiger partial charge in [-0.25, -0.2) is 9.97 Å². The molecule has 0 spiro atoms. The zero-order chi connectivity index (χ0) is 17.1. The maximum absolute atomic E-state index is 12.3. The van der Waals surface area contributed by atoms with Gasteiger partial charge < -0.3 is 19.8 Å². The first-order valence-electron chi connectivity index (χ1n) is 7.53. The number of hydrogen-bond donors (Lipinski definition) is 2. The molecule has 7 nitrogen and oxygen atoms in total. The number of anilines is 1. The summed E-state index contributed by atoms with van der Waals surface area (Å²) < 4.78 is 10.8. The van der Waals surface area contributed by atoms with Gasteiger partial charge >= 0.3 is 0 Å². The number of nitrogens with zero attached hydrogens (tertiary/aromatic N) is 2. The van der Waals surface area contributed by atoms with Crippen molar-refractivity contribution in [2.75, 3.05) is 19.0 Å². The first-order valence-corrected chi connectivity index (χ1v) is 8.35. The van der Waals surface area contributed by atoms with Crippen molar-refractivity contribution in [2.45, 2.75) is 20.4 Å². The molecule has 3 rings (SSSR count). The molecule has 1 amide bonds. The molecule has 0 saturated carbocycles. The van der Waals surface area contributed by atoms with Crippen LogP contribution in [0.2, 0.25) is 0 Å². The van der Waals surface area contributed by atoms with Crippen molar-refractivity contribution < 1.29 is 13.9 Å². The lowest BCUT2D eigenvalue weighted by atomic mass is 10.3. The van der Waals surface area contributed by atoms with Crippen molar-refractivity contribution >= 4 is 33.5 Å². The second-order valence-corrected chi connectivity index (χ2v) is 6.09. The first-order chi connectivity index (χ1) is 11.6. The second-order valence-electron chi connectivity index (χ2n) is 5.09. The van der Waals surface area contributed by atoms with E-state index in [4.69, 9.17) is 9.15 Å². The van der Waals surface area contributed by atoms with Crippen molar-refractivity contribution in [3.63, 3.8) is 0 Å². The lowest BCUT2D eigenvalue weighted by molar-refractivity contribution is 0.0951. The molecule has 0 saturated heterocycles. The van der Waals surface area contributed by atoms with E-state index < -0.39 is 0 Å². The largest absolute Gasteiger partial charge is 0.497 e. The predicted molar refractivity (Wildman–Crippen MR) is 92.7 cm³/mol. The number of amides is 1. The quantitative estimate of drug-likeness (QED) is 0.713. The number of ether oxygens (including phenoxy) is 1. The summed E-state index contributed by atoms with van der Waals surface area (Å²) in [6.07, 6.45) is 0. The van der Waals surface area contributed by atoms with Crippen molar-refractivity contribution in [1.29, 1.82) is 0 Å². The van der Waals surface area contributed by atoms with E-state index in [0.717, 1.165) is 11.7 Å². The van der Waals surface area contributed by atoms with Crippen LogP contribution in [0.15, 0.2) is 22.6 Å². The molecule has 2 heterocycles. The number of nitrogens with one attached hydrogen (secondary N) is 2. The Kier molecular flexibility index (Phi) is 4.66. The van der Waals surface area contributed by atoms with E-state index in [1.807, 2.05) is 13.8 Å². The molecule has 3 aromatic rings. The molecule has 0 aliphatic heterocycles. The summed E-state index contributed by atoms with van der Waals surface area (Å²) in [5.74, 6) is 0.970. The van der Waals surface area contributed by atoms with Gasteiger partial charge in [-0.05, 0) is 26.0 Å². The molecule has 0 fully saturated rings. The smallest absolute Gasteiger partial charge is 0.263 e. The zero-order valence-electron chi connectivity index (χ0n) is 13.7. The van der Waals surface area contributed by atoms with Gasteiger partial charge in [-0.2, -0.15) is 0 Å². The van der Waals surface area contributed by atoms with E-state index in [-0.39, 0.29) is 12.5 Å². The molecule has 0 atom stereocenters. The van der Waals surface area contributed by atoms with Gasteiger partial charge in [0.05, 0.1) is 19.3 Å². The SMILES string of the molecule is CCNc1nc(C)c(C(=O)NCc2nc3cc(OC)ccc3o2)s1. The number of oxazole rings is 1. The number of rotatable bonds is 6. The summed E-state index contributed by atoms with van der Waals surface area (Å²) in [5.41, 5.74) is 2.06. The van der Waals surface area contributed by atoms with E-state index >= 15 is 0 Å². The summed E-state index contributed by atoms with van der Waals surface area (Å²) in [6, 6.07) is 5.39. The monoisotopic (exact) mass is 346 g/mol. The van der Waals surface area contributed by atoms with Crippen molar-refractivity contribution in [3.05, 3.63) is 34.7 Å². The van der Waals surface area contributed by atoms with Crippen LogP contribution in [0.1, 0.15) is 28.2 Å². The van der Waals surface area contributed by atoms with Gasteiger partial charge in [0.1, 0.15) is 16.1 Å². The first kappa shape index (κ1) is 16.3. The number of carbonyl (C=O) groups excluding carboxylic acids is 1. The fourth-order valence-electron chi connectivity index (χ4n) is 2.23. The van der Waals surface area contributed by atoms with Crippen LogP contribution in [0.4, 0.5) is 5.13 Å². The number of carbonyl (C=O) groups is 1. The summed E-state index contributed by atoms with van der Waals surface area (Å²) in [5, 5.41) is 6.67. The summed E-state index contributed by atoms with van der Waals surface area (Å²) in [6.45, 7) is 4.78. The normalized spacial score (nSPS) is 10.8. The highest BCUT2D eigenvalue weighted by molar-refractivity contribution is 7.17. The predicted octanol–water partition coefficient (Wildman–Crippen LogP) is 2.96. The van der Waals surface area contributed by atoms with E-state index in [9.17, 15) is 4.79 Å². The van der Waals surface area contributed by atoms with Crippen LogP contribution in [-0.4, -0.2) is 29.5 Å². The number of fused-ring (bicyclic) bond motifs is 1. The number of aromatic nitrogens is 2. The van der Waals surface area contributed by atoms with Crippen LogP contribution in [0.25, 0.3) is 11.1 Å². The Balaban J connectivity index is 1.69. The average molecular weight is 346 g/mol. The molecular weight excluding hydrogens is 328 g/mol. The maximum Gasteiger partial charge on any atom is 0.263 e. The molecule has 0 aliphatic carbocycles. The molecule has 8 heteroatoms. The molecule has 0 aliphatic rings. The molecule has 2 N–H and O–H groups in total. The maximum atomic E-state index is 12.3. The second kappa shape index (κ2) is 6.88. The fraction of sp³-hybridized carbons (Fsp3) is 0.312. The highest BCUT2D eigenvalue weighted by Gasteiger charge is 2.16. The third-order valence-corrected chi connectivity index (χ3v) is 4.48. The van der Waals surface area contributed by atoms with E-state index in [1.54, 1.807) is 25.3 Å². The summed E-state index contributed by atoms with van der Waals surface area (Å²) in [7, 11) is 1.60. The Bertz CT molecular complexity index is 871. The number of methoxy groups -OCH3 is 1. The molecule has 0 bridgehead atoms. The Morgan fingerprint density at radius 2 is 2.21 bits per heavy atom. The van der Waals surface area contributed by atoms with Crippen LogP contribution in [0.5, 0.6) is 5.75 Å². The average Bonchev–Trinajstić information content (AvgIpc) is 3.15. The summed E-state index contributed by atoms with van der Waals surface area (Å²) >= 11 is 1.34. The molecule has 24 heavy (non-hydrogen) atoms. The molecule has 0 unspecified atom stereocenters. The Morgan fingerprint density at radius 1 is 1.38 bits per heavy atom. The van der Waals surface area contributed by atoms with Crippen LogP contribution in [0.3, 0.4) is 0 Å². The zero-order valence-corrected chi connectivity index (χ0v) is 14.5. The number of thiazole rings is 1. The van der Waals surface area contributed by atoms with Gasteiger partial charge in [0.15, 0.2) is 10.7 Å². The minimum absolute atomic E-state index is 0.186. The Hall–Kier alpha value is -2.61. The number of aryl methyl sites for hydroxylation is 1. The van der Waals surface area contributed by atoms with Crippen LogP contribution in [0, 0.1) is 6.92 Å². The Morgan fingerprint density at radius 3 is 2.96 bits per heavy atom. The van der Waals surface area contributed by atoms with Gasteiger partial charge in [-0.1, -0.05) is 11.3 Å². The highest BCUT2D eigenvalue weighted by Crippen LogP contribution is 2.23. The fourth-order valence-corrected chi connectivity index (χ4v) is 3.18. The summed E-state index contributed by atoms with van der Waals surface area (Å²) in [4.78, 5) is 21.6. The van der Waals surface area contributed by atoms with Gasteiger partial charge in [-0.15, -0.1) is 0 Å². The van der Waals surface area contributed by atoms with E-state index in [2.05, 4.69) is 20.6 Å². The van der Waals surface area contributed by atoms with Gasteiger partial charge in [-0.3, -0.25) is 4.79 Å². The number of hydrogen-bond acceptors (Lipinski definition) is 7. The van der Waals surface area contributed by atoms with Gasteiger partial charge in [0, 0.05) is 12.6 Å². The molecule has 126 valence electrons. The van der Waals surface area contributed by atoms with Crippen molar-refractivity contribution in [1.82, 2.24) is 15.3 Å². The highest BCUT2D eigenvalue weighted by atomic mass is 32.1. The van der Waals surface area contributed by atoms with Crippen LogP contribution < -0.4 is 15.4 Å². The van der Waals surface area contributed by atoms with E-state index in [1.165, 1.54) is 11.3 Å². The molecule has 0 radical (unpaired) electrons. The minimum atomic E-state index is -0.186. The Labute approximate surface area is 143 Å². The third-order valence-electron chi connectivity index (χ3n) is 3.37. The third kappa shape index (κ3) is 3.33. The lowest BCUT2D eigenvalue weighted by Gasteiger charge is -2.00. The van der Waals surface area contributed by atoms with Gasteiger partial charge in [0.2, 0.25) is 5.89 Å². The lowest BCUT2D eigenvalue weighted by Crippen LogP contribution is -2.22. The van der Waals surface area contributed by atoms with Crippen molar-refractivity contribution in [3.8, 4) is 5.75 Å². The number of benzene rings is 1. The standard InChI is InChI=1S/C16H18N4O3S/c1-4-17-16-19-9(2)14(24-16)15(21)18-8-13-20-11-7-10(22-3)5-6-12(11)23-13/h5-7H,4,8H2,1-3H3,(H,17,19)(H,18,21). The van der Waals surface area contributed by atoms with Gasteiger partial charge in [0.25, 0.3) is 5.91 Å². The van der Waals surface area contributed by atoms with Crippen LogP contribution in [-0.2, 0) is 6.54 Å². The van der Waals surface area contributed by atoms with E-state index in [0.29, 0.717) is 33.3 Å². The molecule has 1 aromatic carbocycles. The van der Waals surface area contributed by atoms with Crippen LogP contribution >= 0.6 is 11.3 Å². The molecular formula is C16H18N4O3S. The molecule has 2 aromatic heterocycles.